The number of nitrogens with two attached hydrogens (primary N) is 1. The monoisotopic (exact) mass is 325 g/mol. The third-order valence-corrected chi connectivity index (χ3v) is 3.39. The third kappa shape index (κ3) is 3.80. The van der Waals surface area contributed by atoms with E-state index in [4.69, 9.17) is 38.4 Å². The van der Waals surface area contributed by atoms with E-state index >= 15 is 0 Å². The summed E-state index contributed by atoms with van der Waals surface area (Å²) < 4.78 is 10.3. The highest BCUT2D eigenvalue weighted by molar-refractivity contribution is 6.35. The lowest BCUT2D eigenvalue weighted by Gasteiger charge is -2.12. The van der Waals surface area contributed by atoms with Crippen LogP contribution in [0.5, 0.6) is 5.75 Å². The molecule has 0 aliphatic carbocycles. The van der Waals surface area contributed by atoms with Crippen molar-refractivity contribution in [3.05, 3.63) is 57.6 Å². The fourth-order valence-corrected chi connectivity index (χ4v) is 2.20. The van der Waals surface area contributed by atoms with Crippen LogP contribution in [0.25, 0.3) is 0 Å². The Morgan fingerprint density at radius 3 is 2.62 bits per heavy atom. The molecule has 4 nitrogen and oxygen atoms in total. The van der Waals surface area contributed by atoms with Crippen molar-refractivity contribution in [2.75, 3.05) is 12.8 Å². The number of methoxy groups -OCH3 is 1. The minimum absolute atomic E-state index is 0.198. The SMILES string of the molecule is COC(=O)c1cc(N)ccc1OCc1ccc(Cl)cc1Cl. The Hall–Kier alpha value is -1.91. The molecule has 0 amide bonds. The molecule has 2 aromatic carbocycles. The number of halogens is 2. The number of hydrogen-bond donors (Lipinski definition) is 1. The van der Waals surface area contributed by atoms with Crippen molar-refractivity contribution in [1.82, 2.24) is 0 Å². The van der Waals surface area contributed by atoms with Gasteiger partial charge in [-0.05, 0) is 30.3 Å². The predicted octanol–water partition coefficient (Wildman–Crippen LogP) is 3.94. The molecule has 0 atom stereocenters. The molecule has 2 N–H and O–H groups in total. The summed E-state index contributed by atoms with van der Waals surface area (Å²) in [7, 11) is 1.30. The molecule has 0 aliphatic rings. The van der Waals surface area contributed by atoms with E-state index in [0.717, 1.165) is 5.56 Å². The molecule has 6 heteroatoms. The highest BCUT2D eigenvalue weighted by Crippen LogP contribution is 2.26. The van der Waals surface area contributed by atoms with Crippen molar-refractivity contribution >= 4 is 34.9 Å². The summed E-state index contributed by atoms with van der Waals surface area (Å²) in [5, 5.41) is 1.05. The topological polar surface area (TPSA) is 61.5 Å². The summed E-state index contributed by atoms with van der Waals surface area (Å²) in [6, 6.07) is 9.88. The molecule has 0 aliphatic heterocycles. The second kappa shape index (κ2) is 6.70. The molecule has 0 fully saturated rings. The Kier molecular flexibility index (Phi) is 4.94. The molecule has 2 aromatic rings. The van der Waals surface area contributed by atoms with Crippen LogP contribution in [-0.4, -0.2) is 13.1 Å². The van der Waals surface area contributed by atoms with Crippen molar-refractivity contribution in [2.45, 2.75) is 6.61 Å². The molecule has 0 heterocycles. The number of rotatable bonds is 4. The van der Waals surface area contributed by atoms with Gasteiger partial charge in [0.1, 0.15) is 17.9 Å². The summed E-state index contributed by atoms with van der Waals surface area (Å²) in [6.45, 7) is 0.198. The van der Waals surface area contributed by atoms with Crippen LogP contribution in [0.2, 0.25) is 10.0 Å². The van der Waals surface area contributed by atoms with Gasteiger partial charge in [-0.15, -0.1) is 0 Å². The van der Waals surface area contributed by atoms with E-state index in [-0.39, 0.29) is 12.2 Å². The van der Waals surface area contributed by atoms with Crippen LogP contribution in [0.1, 0.15) is 15.9 Å². The first-order valence-corrected chi connectivity index (χ1v) is 6.81. The van der Waals surface area contributed by atoms with Gasteiger partial charge in [-0.2, -0.15) is 0 Å². The number of benzene rings is 2. The molecule has 0 saturated heterocycles. The normalized spacial score (nSPS) is 10.2. The van der Waals surface area contributed by atoms with Crippen molar-refractivity contribution in [3.63, 3.8) is 0 Å². The van der Waals surface area contributed by atoms with E-state index < -0.39 is 5.97 Å². The lowest BCUT2D eigenvalue weighted by atomic mass is 10.1. The average Bonchev–Trinajstić information content (AvgIpc) is 2.46. The average molecular weight is 326 g/mol. The summed E-state index contributed by atoms with van der Waals surface area (Å²) in [4.78, 5) is 11.7. The highest BCUT2D eigenvalue weighted by Gasteiger charge is 2.14. The van der Waals surface area contributed by atoms with Crippen LogP contribution < -0.4 is 10.5 Å². The second-order valence-corrected chi connectivity index (χ2v) is 5.12. The van der Waals surface area contributed by atoms with E-state index in [0.29, 0.717) is 21.5 Å². The molecular weight excluding hydrogens is 313 g/mol. The van der Waals surface area contributed by atoms with E-state index in [2.05, 4.69) is 0 Å². The van der Waals surface area contributed by atoms with Gasteiger partial charge >= 0.3 is 5.97 Å². The van der Waals surface area contributed by atoms with Crippen LogP contribution in [0.15, 0.2) is 36.4 Å². The lowest BCUT2D eigenvalue weighted by Crippen LogP contribution is -2.07. The molecule has 0 unspecified atom stereocenters. The maximum absolute atomic E-state index is 11.7. The number of anilines is 1. The molecule has 21 heavy (non-hydrogen) atoms. The zero-order valence-corrected chi connectivity index (χ0v) is 12.7. The van der Waals surface area contributed by atoms with Gasteiger partial charge < -0.3 is 15.2 Å². The van der Waals surface area contributed by atoms with Crippen molar-refractivity contribution in [2.24, 2.45) is 0 Å². The molecule has 0 aromatic heterocycles. The molecule has 0 saturated carbocycles. The first-order chi connectivity index (χ1) is 10.0. The quantitative estimate of drug-likeness (QED) is 0.683. The summed E-state index contributed by atoms with van der Waals surface area (Å²) >= 11 is 11.9. The summed E-state index contributed by atoms with van der Waals surface area (Å²) in [5.74, 6) is -0.137. The minimum Gasteiger partial charge on any atom is -0.488 e. The Labute approximate surface area is 132 Å². The Bertz CT molecular complexity index is 674. The Morgan fingerprint density at radius 2 is 1.95 bits per heavy atom. The first kappa shape index (κ1) is 15.5. The molecule has 2 rings (SSSR count). The van der Waals surface area contributed by atoms with Crippen molar-refractivity contribution in [1.29, 1.82) is 0 Å². The number of carbonyl (C=O) groups is 1. The van der Waals surface area contributed by atoms with Crippen LogP contribution >= 0.6 is 23.2 Å². The zero-order valence-electron chi connectivity index (χ0n) is 11.2. The van der Waals surface area contributed by atoms with Gasteiger partial charge in [-0.1, -0.05) is 29.3 Å². The van der Waals surface area contributed by atoms with E-state index in [1.165, 1.54) is 13.2 Å². The lowest BCUT2D eigenvalue weighted by molar-refractivity contribution is 0.0595. The van der Waals surface area contributed by atoms with E-state index in [9.17, 15) is 4.79 Å². The van der Waals surface area contributed by atoms with Gasteiger partial charge in [-0.3, -0.25) is 0 Å². The van der Waals surface area contributed by atoms with E-state index in [1.807, 2.05) is 0 Å². The highest BCUT2D eigenvalue weighted by atomic mass is 35.5. The Balaban J connectivity index is 2.21. The largest absolute Gasteiger partial charge is 0.488 e. The van der Waals surface area contributed by atoms with E-state index in [1.54, 1.807) is 30.3 Å². The molecule has 0 radical (unpaired) electrons. The smallest absolute Gasteiger partial charge is 0.341 e. The van der Waals surface area contributed by atoms with Gasteiger partial charge in [0, 0.05) is 21.3 Å². The number of ether oxygens (including phenoxy) is 2. The van der Waals surface area contributed by atoms with Crippen molar-refractivity contribution < 1.29 is 14.3 Å². The fraction of sp³-hybridized carbons (Fsp3) is 0.133. The molecule has 0 spiro atoms. The molecule has 0 bridgehead atoms. The van der Waals surface area contributed by atoms with Gasteiger partial charge in [0.2, 0.25) is 0 Å². The number of nitrogen functional groups attached to an aromatic ring is 1. The van der Waals surface area contributed by atoms with Gasteiger partial charge in [0.15, 0.2) is 0 Å². The zero-order chi connectivity index (χ0) is 15.4. The maximum atomic E-state index is 11.7. The summed E-state index contributed by atoms with van der Waals surface area (Å²) in [5.41, 5.74) is 7.14. The van der Waals surface area contributed by atoms with Crippen LogP contribution in [0, 0.1) is 0 Å². The maximum Gasteiger partial charge on any atom is 0.341 e. The first-order valence-electron chi connectivity index (χ1n) is 6.06. The minimum atomic E-state index is -0.514. The second-order valence-electron chi connectivity index (χ2n) is 4.27. The van der Waals surface area contributed by atoms with Gasteiger partial charge in [-0.25, -0.2) is 4.79 Å². The number of carbonyl (C=O) groups excluding carboxylic acids is 1. The standard InChI is InChI=1S/C15H13Cl2NO3/c1-20-15(19)12-7-11(18)4-5-14(12)21-8-9-2-3-10(16)6-13(9)17/h2-7H,8,18H2,1H3. The Morgan fingerprint density at radius 1 is 1.19 bits per heavy atom. The number of hydrogen-bond acceptors (Lipinski definition) is 4. The fourth-order valence-electron chi connectivity index (χ4n) is 1.74. The van der Waals surface area contributed by atoms with Crippen molar-refractivity contribution in [3.8, 4) is 5.75 Å². The van der Waals surface area contributed by atoms with Gasteiger partial charge in [0.05, 0.1) is 7.11 Å². The van der Waals surface area contributed by atoms with Crippen LogP contribution in [0.3, 0.4) is 0 Å². The molecule has 110 valence electrons. The van der Waals surface area contributed by atoms with Crippen LogP contribution in [0.4, 0.5) is 5.69 Å². The van der Waals surface area contributed by atoms with Crippen LogP contribution in [-0.2, 0) is 11.3 Å². The number of esters is 1. The molecular formula is C15H13Cl2NO3. The predicted molar refractivity (Wildman–Crippen MR) is 83.0 cm³/mol. The third-order valence-electron chi connectivity index (χ3n) is 2.81. The van der Waals surface area contributed by atoms with Gasteiger partial charge in [0.25, 0.3) is 0 Å². The summed E-state index contributed by atoms with van der Waals surface area (Å²) in [6.07, 6.45) is 0.